The number of phosphoric ester groups is 1. The van der Waals surface area contributed by atoms with Crippen molar-refractivity contribution in [2.45, 2.75) is 19.8 Å². The van der Waals surface area contributed by atoms with Gasteiger partial charge in [-0.1, -0.05) is 11.2 Å². The van der Waals surface area contributed by atoms with Gasteiger partial charge in [-0.3, -0.25) is 14.8 Å². The Morgan fingerprint density at radius 3 is 2.84 bits per heavy atom. The summed E-state index contributed by atoms with van der Waals surface area (Å²) in [5.41, 5.74) is 8.12. The van der Waals surface area contributed by atoms with Crippen molar-refractivity contribution in [1.29, 1.82) is 0 Å². The average Bonchev–Trinajstić information content (AvgIpc) is 3.44. The lowest BCUT2D eigenvalue weighted by molar-refractivity contribution is -0.712. The predicted octanol–water partition coefficient (Wildman–Crippen LogP) is 1.80. The first-order valence-corrected chi connectivity index (χ1v) is 10.9. The van der Waals surface area contributed by atoms with Crippen molar-refractivity contribution in [3.63, 3.8) is 0 Å². The Morgan fingerprint density at radius 1 is 1.25 bits per heavy atom. The van der Waals surface area contributed by atoms with E-state index in [1.54, 1.807) is 42.8 Å². The van der Waals surface area contributed by atoms with E-state index in [2.05, 4.69) is 14.7 Å². The molecule has 32 heavy (non-hydrogen) atoms. The molecule has 4 aromatic heterocycles. The number of furan rings is 1. The minimum atomic E-state index is -4.88. The fraction of sp³-hybridized carbons (Fsp3) is 0.150. The molecule has 0 aliphatic carbocycles. The number of pyridine rings is 2. The maximum absolute atomic E-state index is 10.8. The fourth-order valence-corrected chi connectivity index (χ4v) is 3.16. The summed E-state index contributed by atoms with van der Waals surface area (Å²) in [4.78, 5) is 23.9. The summed E-state index contributed by atoms with van der Waals surface area (Å²) in [6.45, 7) is -0.182. The van der Waals surface area contributed by atoms with Crippen molar-refractivity contribution in [2.24, 2.45) is 0 Å². The van der Waals surface area contributed by atoms with Gasteiger partial charge in [-0.15, -0.1) is 0 Å². The van der Waals surface area contributed by atoms with Gasteiger partial charge in [0.05, 0.1) is 18.2 Å². The number of anilines is 1. The summed E-state index contributed by atoms with van der Waals surface area (Å²) in [7, 11) is -4.88. The zero-order valence-corrected chi connectivity index (χ0v) is 17.6. The van der Waals surface area contributed by atoms with E-state index in [4.69, 9.17) is 24.3 Å². The molecule has 11 nitrogen and oxygen atoms in total. The number of nitrogens with zero attached hydrogens (tertiary/aromatic N) is 3. The summed E-state index contributed by atoms with van der Waals surface area (Å²) in [5, 5.41) is 4.06. The monoisotopic (exact) mass is 458 g/mol. The van der Waals surface area contributed by atoms with E-state index in [-0.39, 0.29) is 5.82 Å². The summed E-state index contributed by atoms with van der Waals surface area (Å²) < 4.78 is 32.7. The molecule has 0 aromatic carbocycles. The van der Waals surface area contributed by atoms with Gasteiger partial charge in [0.25, 0.3) is 13.6 Å². The summed E-state index contributed by atoms with van der Waals surface area (Å²) >= 11 is 0. The maximum atomic E-state index is 10.8. The second-order valence-corrected chi connectivity index (χ2v) is 7.93. The summed E-state index contributed by atoms with van der Waals surface area (Å²) in [6.07, 6.45) is 5.24. The molecule has 0 aliphatic rings. The van der Waals surface area contributed by atoms with Crippen molar-refractivity contribution < 1.29 is 37.1 Å². The largest absolute Gasteiger partial charge is 0.756 e. The van der Waals surface area contributed by atoms with Crippen molar-refractivity contribution in [3.05, 3.63) is 78.1 Å². The number of nitrogen functional groups attached to an aromatic ring is 1. The number of aromatic nitrogens is 3. The Bertz CT molecular complexity index is 1220. The van der Waals surface area contributed by atoms with Gasteiger partial charge in [0, 0.05) is 24.8 Å². The summed E-state index contributed by atoms with van der Waals surface area (Å²) in [6, 6.07) is 12.3. The molecule has 0 spiro atoms. The number of hydrogen-bond donors (Lipinski definition) is 2. The second kappa shape index (κ2) is 9.33. The zero-order valence-electron chi connectivity index (χ0n) is 16.7. The normalized spacial score (nSPS) is 13.1. The topological polar surface area (TPSA) is 161 Å². The second-order valence-electron chi connectivity index (χ2n) is 6.74. The van der Waals surface area contributed by atoms with Gasteiger partial charge in [-0.2, -0.15) is 0 Å². The van der Waals surface area contributed by atoms with Crippen LogP contribution in [0.4, 0.5) is 5.82 Å². The first-order valence-electron chi connectivity index (χ1n) is 9.40. The molecule has 0 saturated carbocycles. The van der Waals surface area contributed by atoms with E-state index in [0.29, 0.717) is 41.7 Å². The molecule has 1 unspecified atom stereocenters. The lowest BCUT2D eigenvalue weighted by atomic mass is 10.1. The molecule has 4 rings (SSSR count). The highest BCUT2D eigenvalue weighted by molar-refractivity contribution is 7.44. The predicted molar refractivity (Wildman–Crippen MR) is 108 cm³/mol. The summed E-state index contributed by atoms with van der Waals surface area (Å²) in [5.74, 6) is 1.76. The molecule has 4 heterocycles. The van der Waals surface area contributed by atoms with Gasteiger partial charge in [-0.05, 0) is 29.8 Å². The third-order valence-corrected chi connectivity index (χ3v) is 4.87. The molecular formula is C20H19N4O7P. The number of rotatable bonds is 9. The first-order chi connectivity index (χ1) is 15.4. The lowest BCUT2D eigenvalue weighted by Crippen LogP contribution is -2.38. The molecule has 0 aliphatic heterocycles. The van der Waals surface area contributed by atoms with Crippen LogP contribution in [0, 0.1) is 0 Å². The third kappa shape index (κ3) is 5.59. The Hall–Kier alpha value is -3.50. The molecular weight excluding hydrogens is 439 g/mol. The smallest absolute Gasteiger partial charge is 0.285 e. The van der Waals surface area contributed by atoms with Crippen molar-refractivity contribution >= 4 is 13.6 Å². The van der Waals surface area contributed by atoms with Crippen LogP contribution < -0.4 is 19.9 Å². The fourth-order valence-electron chi connectivity index (χ4n) is 2.89. The van der Waals surface area contributed by atoms with Crippen LogP contribution in [0.3, 0.4) is 0 Å². The van der Waals surface area contributed by atoms with Gasteiger partial charge in [0.2, 0.25) is 5.88 Å². The van der Waals surface area contributed by atoms with Crippen LogP contribution in [-0.2, 0) is 28.8 Å². The van der Waals surface area contributed by atoms with Crippen LogP contribution in [-0.4, -0.2) is 15.0 Å². The van der Waals surface area contributed by atoms with Crippen molar-refractivity contribution in [1.82, 2.24) is 10.1 Å². The van der Waals surface area contributed by atoms with Gasteiger partial charge >= 0.3 is 0 Å². The van der Waals surface area contributed by atoms with E-state index in [1.807, 2.05) is 12.1 Å². The molecule has 12 heteroatoms. The van der Waals surface area contributed by atoms with Gasteiger partial charge in [-0.25, -0.2) is 9.55 Å². The van der Waals surface area contributed by atoms with Crippen LogP contribution in [0.5, 0.6) is 5.88 Å². The van der Waals surface area contributed by atoms with Crippen LogP contribution >= 0.6 is 7.82 Å². The SMILES string of the molecule is Nc1c(-c2cc(Cc3ccc(OCc4ccco4)nc3)no2)ccc[n+]1COP(=O)([O-])O. The molecule has 166 valence electrons. The third-order valence-electron chi connectivity index (χ3n) is 4.42. The molecule has 4 aromatic rings. The van der Waals surface area contributed by atoms with Crippen molar-refractivity contribution in [2.75, 3.05) is 5.73 Å². The van der Waals surface area contributed by atoms with E-state index in [9.17, 15) is 9.46 Å². The van der Waals surface area contributed by atoms with Crippen LogP contribution in [0.1, 0.15) is 17.0 Å². The van der Waals surface area contributed by atoms with E-state index < -0.39 is 14.6 Å². The van der Waals surface area contributed by atoms with Gasteiger partial charge in [0.15, 0.2) is 12.5 Å². The molecule has 0 radical (unpaired) electrons. The Morgan fingerprint density at radius 2 is 2.12 bits per heavy atom. The Kier molecular flexibility index (Phi) is 6.33. The highest BCUT2D eigenvalue weighted by atomic mass is 31.2. The average molecular weight is 458 g/mol. The minimum Gasteiger partial charge on any atom is -0.756 e. The Balaban J connectivity index is 1.41. The van der Waals surface area contributed by atoms with Crippen LogP contribution in [0.25, 0.3) is 11.3 Å². The van der Waals surface area contributed by atoms with Gasteiger partial charge in [0.1, 0.15) is 17.9 Å². The highest BCUT2D eigenvalue weighted by Crippen LogP contribution is 2.30. The number of hydrogen-bond acceptors (Lipinski definition) is 9. The Labute approximate surface area is 182 Å². The molecule has 0 saturated heterocycles. The highest BCUT2D eigenvalue weighted by Gasteiger charge is 2.18. The molecule has 0 fully saturated rings. The minimum absolute atomic E-state index is 0.184. The quantitative estimate of drug-likeness (QED) is 0.279. The number of nitrogens with two attached hydrogens (primary N) is 1. The van der Waals surface area contributed by atoms with E-state index in [0.717, 1.165) is 5.56 Å². The maximum Gasteiger partial charge on any atom is 0.285 e. The van der Waals surface area contributed by atoms with Crippen LogP contribution in [0.2, 0.25) is 0 Å². The first kappa shape index (κ1) is 21.7. The van der Waals surface area contributed by atoms with E-state index >= 15 is 0 Å². The number of phosphoric acid groups is 1. The van der Waals surface area contributed by atoms with E-state index in [1.165, 1.54) is 10.8 Å². The van der Waals surface area contributed by atoms with Gasteiger partial charge < -0.3 is 23.5 Å². The lowest BCUT2D eigenvalue weighted by Gasteiger charge is -2.14. The molecule has 0 amide bonds. The van der Waals surface area contributed by atoms with Crippen LogP contribution in [0.15, 0.2) is 70.1 Å². The number of ether oxygens (including phenoxy) is 1. The van der Waals surface area contributed by atoms with Crippen molar-refractivity contribution in [3.8, 4) is 17.2 Å². The molecule has 1 atom stereocenters. The molecule has 3 N–H and O–H groups in total. The molecule has 0 bridgehead atoms. The zero-order chi connectivity index (χ0) is 22.6. The standard InChI is InChI=1S/C20H19N4O7P/c21-20-17(4-1-7-24(20)13-30-32(25,26)27)18-10-15(23-31-18)9-14-5-6-19(22-11-14)29-12-16-3-2-8-28-16/h1-8,10-11,21H,9,12-13H2,(H2,25,26,27).